The minimum Gasteiger partial charge on any atom is -0.322 e. The number of nitrogens with one attached hydrogen (secondary N) is 1. The van der Waals surface area contributed by atoms with Crippen molar-refractivity contribution >= 4 is 33.2 Å². The fourth-order valence-electron chi connectivity index (χ4n) is 2.75. The average Bonchev–Trinajstić information content (AvgIpc) is 2.72. The number of anilines is 1. The van der Waals surface area contributed by atoms with Crippen molar-refractivity contribution in [2.24, 2.45) is 0 Å². The molecule has 3 rings (SSSR count). The maximum atomic E-state index is 12.6. The topological polar surface area (TPSA) is 66.5 Å². The van der Waals surface area contributed by atoms with Crippen LogP contribution in [0.1, 0.15) is 21.5 Å². The fourth-order valence-corrected chi connectivity index (χ4v) is 4.11. The predicted molar refractivity (Wildman–Crippen MR) is 116 cm³/mol. The molecule has 7 heteroatoms. The van der Waals surface area contributed by atoms with Crippen LogP contribution in [0.3, 0.4) is 0 Å². The summed E-state index contributed by atoms with van der Waals surface area (Å²) in [6.07, 6.45) is 0. The van der Waals surface area contributed by atoms with Gasteiger partial charge >= 0.3 is 0 Å². The monoisotopic (exact) mass is 428 g/mol. The van der Waals surface area contributed by atoms with Gasteiger partial charge in [0.1, 0.15) is 0 Å². The van der Waals surface area contributed by atoms with Crippen molar-refractivity contribution in [2.45, 2.75) is 18.4 Å². The van der Waals surface area contributed by atoms with Gasteiger partial charge in [0.05, 0.1) is 4.90 Å². The van der Waals surface area contributed by atoms with Crippen LogP contribution in [-0.4, -0.2) is 25.7 Å². The van der Waals surface area contributed by atoms with Gasteiger partial charge in [-0.15, -0.1) is 0 Å². The molecule has 0 bridgehead atoms. The maximum Gasteiger partial charge on any atom is 0.255 e. The number of carbonyl (C=O) groups is 1. The molecular weight excluding hydrogens is 408 g/mol. The van der Waals surface area contributed by atoms with E-state index in [1.807, 2.05) is 13.0 Å². The number of sulfonamides is 1. The summed E-state index contributed by atoms with van der Waals surface area (Å²) in [5.74, 6) is -0.262. The third-order valence-electron chi connectivity index (χ3n) is 4.50. The molecule has 0 unspecified atom stereocenters. The minimum absolute atomic E-state index is 0.201. The molecule has 0 atom stereocenters. The lowest BCUT2D eigenvalue weighted by atomic mass is 10.1. The van der Waals surface area contributed by atoms with Crippen LogP contribution in [0.5, 0.6) is 0 Å². The van der Waals surface area contributed by atoms with Crippen molar-refractivity contribution in [2.75, 3.05) is 12.4 Å². The Morgan fingerprint density at radius 1 is 1.00 bits per heavy atom. The second-order valence-corrected chi connectivity index (χ2v) is 9.14. The molecule has 1 N–H and O–H groups in total. The van der Waals surface area contributed by atoms with Gasteiger partial charge in [-0.1, -0.05) is 48.0 Å². The van der Waals surface area contributed by atoms with Gasteiger partial charge in [0, 0.05) is 29.9 Å². The van der Waals surface area contributed by atoms with Crippen molar-refractivity contribution in [1.82, 2.24) is 4.31 Å². The van der Waals surface area contributed by atoms with Crippen molar-refractivity contribution < 1.29 is 13.2 Å². The summed E-state index contributed by atoms with van der Waals surface area (Å²) in [7, 11) is -2.04. The second-order valence-electron chi connectivity index (χ2n) is 6.69. The van der Waals surface area contributed by atoms with E-state index >= 15 is 0 Å². The Kier molecular flexibility index (Phi) is 6.37. The molecule has 5 nitrogen and oxygen atoms in total. The van der Waals surface area contributed by atoms with Crippen molar-refractivity contribution in [3.05, 3.63) is 94.5 Å². The van der Waals surface area contributed by atoms with E-state index in [9.17, 15) is 13.2 Å². The molecule has 3 aromatic carbocycles. The Bertz CT molecular complexity index is 1110. The van der Waals surface area contributed by atoms with E-state index < -0.39 is 10.0 Å². The van der Waals surface area contributed by atoms with E-state index in [4.69, 9.17) is 11.6 Å². The molecule has 0 aromatic heterocycles. The van der Waals surface area contributed by atoms with Gasteiger partial charge in [-0.05, 0) is 54.4 Å². The van der Waals surface area contributed by atoms with Crippen molar-refractivity contribution in [1.29, 1.82) is 0 Å². The van der Waals surface area contributed by atoms with Crippen LogP contribution < -0.4 is 5.32 Å². The van der Waals surface area contributed by atoms with Gasteiger partial charge < -0.3 is 5.32 Å². The zero-order valence-electron chi connectivity index (χ0n) is 16.1. The van der Waals surface area contributed by atoms with E-state index in [0.717, 1.165) is 11.1 Å². The van der Waals surface area contributed by atoms with E-state index in [1.54, 1.807) is 66.7 Å². The van der Waals surface area contributed by atoms with E-state index in [1.165, 1.54) is 11.4 Å². The zero-order valence-corrected chi connectivity index (χ0v) is 17.7. The normalized spacial score (nSPS) is 11.4. The van der Waals surface area contributed by atoms with E-state index in [-0.39, 0.29) is 17.3 Å². The van der Waals surface area contributed by atoms with E-state index in [2.05, 4.69) is 5.32 Å². The van der Waals surface area contributed by atoms with Gasteiger partial charge in [-0.25, -0.2) is 8.42 Å². The highest BCUT2D eigenvalue weighted by Crippen LogP contribution is 2.21. The molecule has 0 radical (unpaired) electrons. The van der Waals surface area contributed by atoms with Crippen LogP contribution in [-0.2, 0) is 16.6 Å². The molecule has 0 saturated carbocycles. The molecule has 29 heavy (non-hydrogen) atoms. The molecule has 0 aliphatic carbocycles. The first-order chi connectivity index (χ1) is 13.8. The number of hydrogen-bond donors (Lipinski definition) is 1. The minimum atomic E-state index is -3.57. The lowest BCUT2D eigenvalue weighted by molar-refractivity contribution is 0.102. The molecule has 0 fully saturated rings. The summed E-state index contributed by atoms with van der Waals surface area (Å²) in [6.45, 7) is 2.09. The highest BCUT2D eigenvalue weighted by atomic mass is 35.5. The standard InChI is InChI=1S/C22H21ClN2O3S/c1-16-8-13-19(14-21(16)23)24-22(26)18-11-9-17(10-12-18)15-25(2)29(27,28)20-6-4-3-5-7-20/h3-14H,15H2,1-2H3,(H,24,26). The third-order valence-corrected chi connectivity index (χ3v) is 6.73. The van der Waals surface area contributed by atoms with Gasteiger partial charge in [-0.2, -0.15) is 4.31 Å². The van der Waals surface area contributed by atoms with Crippen LogP contribution in [0.2, 0.25) is 5.02 Å². The maximum absolute atomic E-state index is 12.6. The molecule has 0 saturated heterocycles. The number of aryl methyl sites for hydroxylation is 1. The summed E-state index contributed by atoms with van der Waals surface area (Å²) >= 11 is 6.09. The Labute approximate surface area is 176 Å². The van der Waals surface area contributed by atoms with Crippen LogP contribution in [0.25, 0.3) is 0 Å². The fraction of sp³-hybridized carbons (Fsp3) is 0.136. The molecule has 0 spiro atoms. The highest BCUT2D eigenvalue weighted by Gasteiger charge is 2.20. The van der Waals surface area contributed by atoms with Crippen LogP contribution in [0.15, 0.2) is 77.7 Å². The summed E-state index contributed by atoms with van der Waals surface area (Å²) in [5, 5.41) is 3.39. The predicted octanol–water partition coefficient (Wildman–Crippen LogP) is 4.72. The number of amides is 1. The van der Waals surface area contributed by atoms with Crippen LogP contribution in [0, 0.1) is 6.92 Å². The largest absolute Gasteiger partial charge is 0.322 e. The Morgan fingerprint density at radius 2 is 1.66 bits per heavy atom. The first-order valence-electron chi connectivity index (χ1n) is 8.95. The number of rotatable bonds is 6. The van der Waals surface area contributed by atoms with Gasteiger partial charge in [0.2, 0.25) is 10.0 Å². The highest BCUT2D eigenvalue weighted by molar-refractivity contribution is 7.89. The van der Waals surface area contributed by atoms with Gasteiger partial charge in [0.15, 0.2) is 0 Å². The Morgan fingerprint density at radius 3 is 2.28 bits per heavy atom. The number of benzene rings is 3. The Hall–Kier alpha value is -2.67. The molecule has 0 heterocycles. The summed E-state index contributed by atoms with van der Waals surface area (Å²) < 4.78 is 26.5. The first-order valence-corrected chi connectivity index (χ1v) is 10.8. The lowest BCUT2D eigenvalue weighted by Gasteiger charge is -2.17. The zero-order chi connectivity index (χ0) is 21.0. The second kappa shape index (κ2) is 8.78. The summed E-state index contributed by atoms with van der Waals surface area (Å²) in [5.41, 5.74) is 2.80. The molecule has 3 aromatic rings. The summed E-state index contributed by atoms with van der Waals surface area (Å²) in [6, 6.07) is 20.4. The molecule has 0 aliphatic heterocycles. The number of carbonyl (C=O) groups excluding carboxylic acids is 1. The molecular formula is C22H21ClN2O3S. The van der Waals surface area contributed by atoms with Gasteiger partial charge in [-0.3, -0.25) is 4.79 Å². The SMILES string of the molecule is Cc1ccc(NC(=O)c2ccc(CN(C)S(=O)(=O)c3ccccc3)cc2)cc1Cl. The molecule has 1 amide bonds. The average molecular weight is 429 g/mol. The van der Waals surface area contributed by atoms with Crippen LogP contribution >= 0.6 is 11.6 Å². The summed E-state index contributed by atoms with van der Waals surface area (Å²) in [4.78, 5) is 12.7. The third kappa shape index (κ3) is 5.03. The van der Waals surface area contributed by atoms with Gasteiger partial charge in [0.25, 0.3) is 5.91 Å². The Balaban J connectivity index is 1.68. The molecule has 0 aliphatic rings. The lowest BCUT2D eigenvalue weighted by Crippen LogP contribution is -2.26. The number of halogens is 1. The van der Waals surface area contributed by atoms with Crippen molar-refractivity contribution in [3.63, 3.8) is 0 Å². The number of hydrogen-bond acceptors (Lipinski definition) is 3. The smallest absolute Gasteiger partial charge is 0.255 e. The quantitative estimate of drug-likeness (QED) is 0.617. The van der Waals surface area contributed by atoms with E-state index in [0.29, 0.717) is 16.3 Å². The number of nitrogens with zero attached hydrogens (tertiary/aromatic N) is 1. The van der Waals surface area contributed by atoms with Crippen molar-refractivity contribution in [3.8, 4) is 0 Å². The van der Waals surface area contributed by atoms with Crippen LogP contribution in [0.4, 0.5) is 5.69 Å². The first kappa shape index (κ1) is 21.0. The molecule has 150 valence electrons.